The molecule has 0 rings (SSSR count). The summed E-state index contributed by atoms with van der Waals surface area (Å²) in [5.74, 6) is -0.503. The molecule has 0 aromatic rings. The Kier molecular flexibility index (Phi) is 76.9. The van der Waals surface area contributed by atoms with Gasteiger partial charge in [0, 0.05) is 25.7 Å². The van der Waals surface area contributed by atoms with E-state index in [0.29, 0.717) is 25.7 Å². The number of phosphoric ester groups is 2. The third-order valence-corrected chi connectivity index (χ3v) is 22.4. The predicted octanol–water partition coefficient (Wildman–Crippen LogP) is 26.6. The quantitative estimate of drug-likeness (QED) is 0.0222. The SMILES string of the molecule is CCCCCCCCCCCCCCCCCCCCCCCCC(=O)O[C@H](COC(=O)CCCCCCCCCCCCCCCCCCC(C)C)COP(=O)(O)OC[C@@H](O)COP(=O)(O)OC[C@@H](COC(=O)CCCCCCCCCCC)OC(=O)CCCCCCCCCCCCCCCC(C)C. The van der Waals surface area contributed by atoms with E-state index >= 15 is 0 Å². The van der Waals surface area contributed by atoms with Gasteiger partial charge in [-0.05, 0) is 37.5 Å². The second-order valence-corrected chi connectivity index (χ2v) is 35.1. The fourth-order valence-electron chi connectivity index (χ4n) is 13.6. The molecule has 0 spiro atoms. The average molecular weight is 1550 g/mol. The third kappa shape index (κ3) is 80.1. The summed E-state index contributed by atoms with van der Waals surface area (Å²) in [4.78, 5) is 73.2. The zero-order chi connectivity index (χ0) is 77.8. The van der Waals surface area contributed by atoms with Crippen molar-refractivity contribution in [1.82, 2.24) is 0 Å². The van der Waals surface area contributed by atoms with E-state index < -0.39 is 97.5 Å². The molecule has 0 fully saturated rings. The number of hydrogen-bond donors (Lipinski definition) is 3. The molecule has 0 amide bonds. The maximum Gasteiger partial charge on any atom is 0.472 e. The van der Waals surface area contributed by atoms with Crippen molar-refractivity contribution in [3.63, 3.8) is 0 Å². The number of rotatable bonds is 86. The summed E-state index contributed by atoms with van der Waals surface area (Å²) in [6.45, 7) is 9.70. The molecule has 0 aromatic heterocycles. The number of phosphoric acid groups is 2. The smallest absolute Gasteiger partial charge is 0.462 e. The number of carbonyl (C=O) groups is 4. The van der Waals surface area contributed by atoms with Gasteiger partial charge in [0.25, 0.3) is 0 Å². The Bertz CT molecular complexity index is 2030. The highest BCUT2D eigenvalue weighted by molar-refractivity contribution is 7.47. The number of unbranched alkanes of at least 4 members (excludes halogenated alkanes) is 56. The predicted molar refractivity (Wildman–Crippen MR) is 437 cm³/mol. The number of carbonyl (C=O) groups excluding carboxylic acids is 4. The normalized spacial score (nSPS) is 13.8. The molecule has 0 saturated heterocycles. The largest absolute Gasteiger partial charge is 0.472 e. The third-order valence-electron chi connectivity index (χ3n) is 20.5. The molecule has 0 aliphatic rings. The Hall–Kier alpha value is -1.94. The number of esters is 4. The molecule has 17 nitrogen and oxygen atoms in total. The van der Waals surface area contributed by atoms with Crippen molar-refractivity contribution < 1.29 is 80.2 Å². The van der Waals surface area contributed by atoms with Crippen molar-refractivity contribution in [3.8, 4) is 0 Å². The fraction of sp³-hybridized carbons (Fsp3) is 0.954. The van der Waals surface area contributed by atoms with E-state index in [2.05, 4.69) is 41.5 Å². The van der Waals surface area contributed by atoms with Crippen LogP contribution in [0.3, 0.4) is 0 Å². The highest BCUT2D eigenvalue weighted by atomic mass is 31.2. The summed E-state index contributed by atoms with van der Waals surface area (Å²) in [6.07, 6.45) is 70.9. The molecule has 0 radical (unpaired) electrons. The zero-order valence-electron chi connectivity index (χ0n) is 69.7. The van der Waals surface area contributed by atoms with Crippen LogP contribution in [0.5, 0.6) is 0 Å². The van der Waals surface area contributed by atoms with Gasteiger partial charge < -0.3 is 33.8 Å². The topological polar surface area (TPSA) is 237 Å². The van der Waals surface area contributed by atoms with Crippen LogP contribution in [0.25, 0.3) is 0 Å². The number of ether oxygens (including phenoxy) is 4. The summed E-state index contributed by atoms with van der Waals surface area (Å²) in [7, 11) is -9.93. The molecule has 3 N–H and O–H groups in total. The van der Waals surface area contributed by atoms with Crippen LogP contribution in [-0.4, -0.2) is 96.7 Å². The van der Waals surface area contributed by atoms with Gasteiger partial charge in [-0.3, -0.25) is 37.3 Å². The number of aliphatic hydroxyl groups excluding tert-OH is 1. The molecular weight excluding hydrogens is 1380 g/mol. The summed E-state index contributed by atoms with van der Waals surface area (Å²) in [5.41, 5.74) is 0. The lowest BCUT2D eigenvalue weighted by Gasteiger charge is -2.21. The minimum Gasteiger partial charge on any atom is -0.462 e. The Morgan fingerprint density at radius 1 is 0.255 bits per heavy atom. The summed E-state index contributed by atoms with van der Waals surface area (Å²) in [5, 5.41) is 10.7. The lowest BCUT2D eigenvalue weighted by Crippen LogP contribution is -2.30. The van der Waals surface area contributed by atoms with E-state index in [9.17, 15) is 43.2 Å². The van der Waals surface area contributed by atoms with Crippen LogP contribution in [0, 0.1) is 11.8 Å². The van der Waals surface area contributed by atoms with Crippen molar-refractivity contribution in [2.75, 3.05) is 39.6 Å². The van der Waals surface area contributed by atoms with E-state index in [0.717, 1.165) is 102 Å². The van der Waals surface area contributed by atoms with E-state index in [1.807, 2.05) is 0 Å². The van der Waals surface area contributed by atoms with Crippen LogP contribution in [0.2, 0.25) is 0 Å². The van der Waals surface area contributed by atoms with Crippen LogP contribution in [0.1, 0.15) is 465 Å². The molecule has 0 heterocycles. The van der Waals surface area contributed by atoms with Crippen LogP contribution in [0.15, 0.2) is 0 Å². The molecule has 0 bridgehead atoms. The lowest BCUT2D eigenvalue weighted by molar-refractivity contribution is -0.161. The van der Waals surface area contributed by atoms with E-state index in [1.54, 1.807) is 0 Å². The van der Waals surface area contributed by atoms with Crippen LogP contribution in [0.4, 0.5) is 0 Å². The van der Waals surface area contributed by atoms with Crippen molar-refractivity contribution in [2.45, 2.75) is 484 Å². The van der Waals surface area contributed by atoms with Crippen molar-refractivity contribution in [3.05, 3.63) is 0 Å². The minimum absolute atomic E-state index is 0.108. The molecular formula is C87H170O17P2. The molecule has 630 valence electrons. The summed E-state index contributed by atoms with van der Waals surface area (Å²) in [6, 6.07) is 0. The van der Waals surface area contributed by atoms with Crippen LogP contribution >= 0.6 is 15.6 Å². The zero-order valence-corrected chi connectivity index (χ0v) is 71.5. The monoisotopic (exact) mass is 1550 g/mol. The maximum absolute atomic E-state index is 13.2. The molecule has 0 aliphatic heterocycles. The Morgan fingerprint density at radius 2 is 0.434 bits per heavy atom. The maximum atomic E-state index is 13.2. The summed E-state index contributed by atoms with van der Waals surface area (Å²) < 4.78 is 68.9. The van der Waals surface area contributed by atoms with Gasteiger partial charge in [-0.15, -0.1) is 0 Å². The standard InChI is InChI=1S/C87H170O17P2/c1-7-9-11-13-15-17-18-19-20-21-22-23-24-25-26-31-36-41-47-53-59-65-71-86(91)104-83(76-98-85(90)70-64-58-52-46-40-35-30-28-27-29-33-38-44-49-55-61-67-79(3)4)78-102-106(95,96)100-74-81(88)73-99-105(93,94)101-77-82(75-97-84(89)69-63-57-51-43-16-14-12-10-8-2)103-87(92)72-66-60-54-48-42-37-32-34-39-45-50-56-62-68-80(5)6/h79-83,88H,7-78H2,1-6H3,(H,93,94)(H,95,96)/t81-,82+,83+/m0/s1. The van der Waals surface area contributed by atoms with Crippen molar-refractivity contribution in [2.24, 2.45) is 11.8 Å². The highest BCUT2D eigenvalue weighted by Crippen LogP contribution is 2.45. The summed E-state index contributed by atoms with van der Waals surface area (Å²) >= 11 is 0. The van der Waals surface area contributed by atoms with E-state index in [-0.39, 0.29) is 25.7 Å². The first-order valence-corrected chi connectivity index (χ1v) is 48.0. The van der Waals surface area contributed by atoms with Crippen LogP contribution in [-0.2, 0) is 65.4 Å². The van der Waals surface area contributed by atoms with Gasteiger partial charge in [0.05, 0.1) is 26.4 Å². The van der Waals surface area contributed by atoms with Gasteiger partial charge in [0.2, 0.25) is 0 Å². The fourth-order valence-corrected chi connectivity index (χ4v) is 15.2. The second-order valence-electron chi connectivity index (χ2n) is 32.2. The molecule has 0 aromatic carbocycles. The Balaban J connectivity index is 5.20. The molecule has 5 atom stereocenters. The number of aliphatic hydroxyl groups is 1. The van der Waals surface area contributed by atoms with Crippen LogP contribution < -0.4 is 0 Å². The highest BCUT2D eigenvalue weighted by Gasteiger charge is 2.30. The van der Waals surface area contributed by atoms with Crippen molar-refractivity contribution >= 4 is 39.5 Å². The van der Waals surface area contributed by atoms with Gasteiger partial charge in [0.1, 0.15) is 19.3 Å². The molecule has 106 heavy (non-hydrogen) atoms. The van der Waals surface area contributed by atoms with Gasteiger partial charge in [-0.25, -0.2) is 9.13 Å². The first-order chi connectivity index (χ1) is 51.4. The first kappa shape index (κ1) is 104. The Morgan fingerprint density at radius 3 is 0.642 bits per heavy atom. The first-order valence-electron chi connectivity index (χ1n) is 45.0. The van der Waals surface area contributed by atoms with Gasteiger partial charge in [-0.2, -0.15) is 0 Å². The van der Waals surface area contributed by atoms with Crippen molar-refractivity contribution in [1.29, 1.82) is 0 Å². The molecule has 0 saturated carbocycles. The minimum atomic E-state index is -4.97. The van der Waals surface area contributed by atoms with Gasteiger partial charge in [0.15, 0.2) is 12.2 Å². The second kappa shape index (κ2) is 78.3. The Labute approximate surface area is 651 Å². The lowest BCUT2D eigenvalue weighted by atomic mass is 10.0. The van der Waals surface area contributed by atoms with Gasteiger partial charge >= 0.3 is 39.5 Å². The number of hydrogen-bond acceptors (Lipinski definition) is 15. The molecule has 0 aliphatic carbocycles. The van der Waals surface area contributed by atoms with Gasteiger partial charge in [-0.1, -0.05) is 414 Å². The van der Waals surface area contributed by atoms with E-state index in [4.69, 9.17) is 37.0 Å². The molecule has 2 unspecified atom stereocenters. The average Bonchev–Trinajstić information content (AvgIpc) is 0.904. The van der Waals surface area contributed by atoms with E-state index in [1.165, 1.54) is 283 Å². The molecule has 19 heteroatoms.